The molecule has 1 N–H and O–H groups in total. The molecule has 3 aliphatic rings. The molecule has 0 radical (unpaired) electrons. The lowest BCUT2D eigenvalue weighted by Gasteiger charge is -2.35. The first kappa shape index (κ1) is 17.4. The highest BCUT2D eigenvalue weighted by Gasteiger charge is 2.40. The first-order valence-corrected chi connectivity index (χ1v) is 8.78. The summed E-state index contributed by atoms with van der Waals surface area (Å²) >= 11 is 0. The largest absolute Gasteiger partial charge is 0.394 e. The van der Waals surface area contributed by atoms with Crippen molar-refractivity contribution < 1.29 is 14.6 Å². The summed E-state index contributed by atoms with van der Waals surface area (Å²) in [6.45, 7) is 6.47. The van der Waals surface area contributed by atoms with Crippen LogP contribution in [0, 0.1) is 12.8 Å². The van der Waals surface area contributed by atoms with Gasteiger partial charge < -0.3 is 14.7 Å². The van der Waals surface area contributed by atoms with Gasteiger partial charge in [-0.25, -0.2) is 0 Å². The third kappa shape index (κ3) is 3.63. The standard InChI is InChI=1S/C17H28N4O3/c1-13-15(11-20(18-13)5-7-22)10-19-9-14-3-4-16(12-19)21(17(14)23)6-8-24-2/h11,14,16,22H,3-10,12H2,1-2H3/t14-,16+/m1/s1. The third-order valence-electron chi connectivity index (χ3n) is 5.18. The van der Waals surface area contributed by atoms with Crippen molar-refractivity contribution in [3.8, 4) is 0 Å². The SMILES string of the molecule is COCCN1C(=O)[C@@H]2CC[C@H]1CN(Cc1cn(CCO)nc1C)C2. The van der Waals surface area contributed by atoms with Crippen LogP contribution in [0.15, 0.2) is 6.20 Å². The average molecular weight is 336 g/mol. The molecular weight excluding hydrogens is 308 g/mol. The number of fused-ring (bicyclic) bond motifs is 4. The van der Waals surface area contributed by atoms with Gasteiger partial charge in [0.2, 0.25) is 5.91 Å². The van der Waals surface area contributed by atoms with E-state index in [1.807, 2.05) is 18.0 Å². The molecule has 0 spiro atoms. The van der Waals surface area contributed by atoms with Crippen molar-refractivity contribution in [2.75, 3.05) is 40.0 Å². The minimum Gasteiger partial charge on any atom is -0.394 e. The van der Waals surface area contributed by atoms with Crippen molar-refractivity contribution in [1.29, 1.82) is 0 Å². The molecule has 7 nitrogen and oxygen atoms in total. The summed E-state index contributed by atoms with van der Waals surface area (Å²) in [5.74, 6) is 0.395. The van der Waals surface area contributed by atoms with E-state index in [2.05, 4.69) is 10.00 Å². The fraction of sp³-hybridized carbons (Fsp3) is 0.765. The molecule has 134 valence electrons. The molecule has 3 saturated heterocycles. The summed E-state index contributed by atoms with van der Waals surface area (Å²) in [5, 5.41) is 13.5. The van der Waals surface area contributed by atoms with Gasteiger partial charge in [-0.3, -0.25) is 14.4 Å². The van der Waals surface area contributed by atoms with Gasteiger partial charge in [0.1, 0.15) is 0 Å². The van der Waals surface area contributed by atoms with Crippen molar-refractivity contribution in [1.82, 2.24) is 19.6 Å². The summed E-state index contributed by atoms with van der Waals surface area (Å²) < 4.78 is 6.97. The third-order valence-corrected chi connectivity index (χ3v) is 5.18. The van der Waals surface area contributed by atoms with Gasteiger partial charge in [0, 0.05) is 51.1 Å². The Morgan fingerprint density at radius 3 is 2.92 bits per heavy atom. The first-order valence-electron chi connectivity index (χ1n) is 8.78. The molecule has 0 unspecified atom stereocenters. The second kappa shape index (κ2) is 7.63. The zero-order valence-corrected chi connectivity index (χ0v) is 14.6. The molecule has 3 aliphatic heterocycles. The molecule has 0 aromatic carbocycles. The van der Waals surface area contributed by atoms with E-state index in [4.69, 9.17) is 9.84 Å². The molecule has 1 amide bonds. The number of aliphatic hydroxyl groups excluding tert-OH is 1. The monoisotopic (exact) mass is 336 g/mol. The van der Waals surface area contributed by atoms with E-state index in [0.29, 0.717) is 31.6 Å². The number of rotatable bonds is 7. The van der Waals surface area contributed by atoms with Crippen LogP contribution < -0.4 is 0 Å². The number of aliphatic hydroxyl groups is 1. The van der Waals surface area contributed by atoms with Gasteiger partial charge in [0.25, 0.3) is 0 Å². The van der Waals surface area contributed by atoms with Gasteiger partial charge in [-0.05, 0) is 19.8 Å². The second-order valence-corrected chi connectivity index (χ2v) is 6.87. The molecule has 7 heteroatoms. The van der Waals surface area contributed by atoms with Crippen molar-refractivity contribution in [2.24, 2.45) is 5.92 Å². The molecule has 4 rings (SSSR count). The maximum absolute atomic E-state index is 12.7. The Kier molecular flexibility index (Phi) is 5.53. The van der Waals surface area contributed by atoms with Crippen LogP contribution in [0.1, 0.15) is 24.1 Å². The number of piperidine rings is 1. The highest BCUT2D eigenvalue weighted by atomic mass is 16.5. The maximum Gasteiger partial charge on any atom is 0.227 e. The Morgan fingerprint density at radius 1 is 1.33 bits per heavy atom. The number of ether oxygens (including phenoxy) is 1. The summed E-state index contributed by atoms with van der Waals surface area (Å²) in [6.07, 6.45) is 4.09. The van der Waals surface area contributed by atoms with Gasteiger partial charge in [-0.15, -0.1) is 0 Å². The summed E-state index contributed by atoms with van der Waals surface area (Å²) in [6, 6.07) is 0.291. The number of amides is 1. The number of hydrogen-bond donors (Lipinski definition) is 1. The first-order chi connectivity index (χ1) is 11.6. The predicted octanol–water partition coefficient (Wildman–Crippen LogP) is 0.253. The zero-order valence-electron chi connectivity index (χ0n) is 14.6. The summed E-state index contributed by atoms with van der Waals surface area (Å²) in [5.41, 5.74) is 2.18. The Morgan fingerprint density at radius 2 is 2.17 bits per heavy atom. The van der Waals surface area contributed by atoms with Gasteiger partial charge in [-0.1, -0.05) is 0 Å². The number of aryl methyl sites for hydroxylation is 1. The maximum atomic E-state index is 12.7. The van der Waals surface area contributed by atoms with Crippen LogP contribution in [0.2, 0.25) is 0 Å². The van der Waals surface area contributed by atoms with E-state index in [1.165, 1.54) is 5.56 Å². The molecule has 1 aromatic heterocycles. The Balaban J connectivity index is 1.69. The van der Waals surface area contributed by atoms with E-state index in [1.54, 1.807) is 11.8 Å². The lowest BCUT2D eigenvalue weighted by atomic mass is 9.94. The van der Waals surface area contributed by atoms with Crippen molar-refractivity contribution >= 4 is 5.91 Å². The van der Waals surface area contributed by atoms with Crippen LogP contribution in [0.4, 0.5) is 0 Å². The second-order valence-electron chi connectivity index (χ2n) is 6.87. The minimum absolute atomic E-state index is 0.0946. The lowest BCUT2D eigenvalue weighted by molar-refractivity contribution is -0.140. The highest BCUT2D eigenvalue weighted by molar-refractivity contribution is 5.80. The molecule has 4 heterocycles. The smallest absolute Gasteiger partial charge is 0.227 e. The fourth-order valence-corrected chi connectivity index (χ4v) is 3.91. The molecule has 3 fully saturated rings. The summed E-state index contributed by atoms with van der Waals surface area (Å²) in [4.78, 5) is 17.1. The number of carbonyl (C=O) groups excluding carboxylic acids is 1. The molecule has 2 atom stereocenters. The van der Waals surface area contributed by atoms with E-state index in [-0.39, 0.29) is 12.5 Å². The molecule has 0 saturated carbocycles. The van der Waals surface area contributed by atoms with Gasteiger partial charge >= 0.3 is 0 Å². The normalized spacial score (nSPS) is 24.6. The number of hydrogen-bond acceptors (Lipinski definition) is 5. The van der Waals surface area contributed by atoms with Crippen LogP contribution in [-0.2, 0) is 22.6 Å². The highest BCUT2D eigenvalue weighted by Crippen LogP contribution is 2.29. The molecule has 2 bridgehead atoms. The van der Waals surface area contributed by atoms with Crippen LogP contribution in [0.25, 0.3) is 0 Å². The predicted molar refractivity (Wildman–Crippen MR) is 89.4 cm³/mol. The number of carbonyl (C=O) groups is 1. The van der Waals surface area contributed by atoms with Gasteiger partial charge in [0.05, 0.1) is 31.4 Å². The molecule has 24 heavy (non-hydrogen) atoms. The van der Waals surface area contributed by atoms with E-state index in [0.717, 1.165) is 38.2 Å². The zero-order chi connectivity index (χ0) is 17.1. The van der Waals surface area contributed by atoms with Crippen LogP contribution in [0.3, 0.4) is 0 Å². The van der Waals surface area contributed by atoms with Crippen LogP contribution >= 0.6 is 0 Å². The quantitative estimate of drug-likeness (QED) is 0.773. The Hall–Kier alpha value is -1.44. The summed E-state index contributed by atoms with van der Waals surface area (Å²) in [7, 11) is 1.68. The van der Waals surface area contributed by atoms with E-state index >= 15 is 0 Å². The van der Waals surface area contributed by atoms with Gasteiger partial charge in [-0.2, -0.15) is 5.10 Å². The van der Waals surface area contributed by atoms with Crippen molar-refractivity contribution in [2.45, 2.75) is 38.9 Å². The Bertz CT molecular complexity index is 574. The topological polar surface area (TPSA) is 70.8 Å². The molecule has 0 aliphatic carbocycles. The van der Waals surface area contributed by atoms with E-state index in [9.17, 15) is 4.79 Å². The van der Waals surface area contributed by atoms with Crippen molar-refractivity contribution in [3.05, 3.63) is 17.5 Å². The minimum atomic E-state index is 0.0946. The lowest BCUT2D eigenvalue weighted by Crippen LogP contribution is -2.49. The van der Waals surface area contributed by atoms with Crippen molar-refractivity contribution in [3.63, 3.8) is 0 Å². The molecule has 1 aromatic rings. The van der Waals surface area contributed by atoms with Crippen LogP contribution in [0.5, 0.6) is 0 Å². The van der Waals surface area contributed by atoms with Gasteiger partial charge in [0.15, 0.2) is 0 Å². The van der Waals surface area contributed by atoms with E-state index < -0.39 is 0 Å². The number of aromatic nitrogens is 2. The molecular formula is C17H28N4O3. The number of methoxy groups -OCH3 is 1. The average Bonchev–Trinajstić information content (AvgIpc) is 2.72. The fourth-order valence-electron chi connectivity index (χ4n) is 3.91. The Labute approximate surface area is 143 Å². The number of nitrogens with zero attached hydrogens (tertiary/aromatic N) is 4. The van der Waals surface area contributed by atoms with Crippen LogP contribution in [-0.4, -0.2) is 76.6 Å².